The molecule has 0 bridgehead atoms. The number of nitrogens with zero attached hydrogens (tertiary/aromatic N) is 3. The van der Waals surface area contributed by atoms with Gasteiger partial charge in [-0.25, -0.2) is 4.98 Å². The van der Waals surface area contributed by atoms with E-state index in [1.165, 1.54) is 24.3 Å². The second-order valence-corrected chi connectivity index (χ2v) is 16.3. The maximum Gasteiger partial charge on any atom is 0.245 e. The molecule has 0 radical (unpaired) electrons. The Balaban J connectivity index is 1.45. The third-order valence-electron chi connectivity index (χ3n) is 11.5. The Morgan fingerprint density at radius 3 is 2.30 bits per heavy atom. The van der Waals surface area contributed by atoms with Crippen LogP contribution in [-0.4, -0.2) is 118 Å². The molecule has 2 saturated heterocycles. The van der Waals surface area contributed by atoms with Gasteiger partial charge in [-0.15, -0.1) is 0 Å². The summed E-state index contributed by atoms with van der Waals surface area (Å²) >= 11 is 0. The summed E-state index contributed by atoms with van der Waals surface area (Å²) in [6.45, 7) is 1.82. The minimum atomic E-state index is -1.15. The largest absolute Gasteiger partial charge is 0.370 e. The van der Waals surface area contributed by atoms with Crippen molar-refractivity contribution in [2.75, 3.05) is 19.6 Å². The molecule has 2 aliphatic heterocycles. The minimum Gasteiger partial charge on any atom is -0.370 e. The number of benzene rings is 1. The van der Waals surface area contributed by atoms with Crippen molar-refractivity contribution < 1.29 is 33.6 Å². The Hall–Kier alpha value is -6.01. The van der Waals surface area contributed by atoms with Crippen molar-refractivity contribution in [3.63, 3.8) is 0 Å². The molecule has 1 aromatic heterocycles. The number of nitrogens with two attached hydrogens (primary N) is 2. The molecule has 1 aliphatic carbocycles. The van der Waals surface area contributed by atoms with E-state index < -0.39 is 77.6 Å². The monoisotopic (exact) mass is 846 g/mol. The first kappa shape index (κ1) is 46.1. The van der Waals surface area contributed by atoms with E-state index in [9.17, 15) is 33.6 Å². The number of imidazole rings is 1. The topological polar surface area (TPSA) is 288 Å². The van der Waals surface area contributed by atoms with Gasteiger partial charge in [0.15, 0.2) is 5.96 Å². The maximum atomic E-state index is 14.5. The summed E-state index contributed by atoms with van der Waals surface area (Å²) < 4.78 is 0. The number of nitrogens with one attached hydrogen (secondary N) is 7. The van der Waals surface area contributed by atoms with Crippen molar-refractivity contribution in [1.82, 2.24) is 46.8 Å². The van der Waals surface area contributed by atoms with Crippen molar-refractivity contribution in [1.29, 1.82) is 0 Å². The molecule has 11 N–H and O–H groups in total. The zero-order valence-corrected chi connectivity index (χ0v) is 35.0. The van der Waals surface area contributed by atoms with Gasteiger partial charge in [-0.2, -0.15) is 0 Å². The fraction of sp³-hybridized carbons (Fsp3) is 0.595. The van der Waals surface area contributed by atoms with Gasteiger partial charge >= 0.3 is 0 Å². The number of hydrogen-bond donors (Lipinski definition) is 9. The molecule has 3 fully saturated rings. The zero-order chi connectivity index (χ0) is 43.7. The fourth-order valence-electron chi connectivity index (χ4n) is 8.38. The molecule has 3 aliphatic rings. The highest BCUT2D eigenvalue weighted by molar-refractivity contribution is 5.97. The van der Waals surface area contributed by atoms with Gasteiger partial charge in [-0.1, -0.05) is 62.4 Å². The summed E-state index contributed by atoms with van der Waals surface area (Å²) in [5, 5.41) is 17.0. The number of H-pyrrole nitrogens is 1. The molecule has 1 saturated carbocycles. The fourth-order valence-corrected chi connectivity index (χ4v) is 8.38. The van der Waals surface area contributed by atoms with E-state index in [4.69, 9.17) is 11.5 Å². The van der Waals surface area contributed by atoms with Crippen molar-refractivity contribution >= 4 is 47.3 Å². The van der Waals surface area contributed by atoms with Crippen molar-refractivity contribution in [2.24, 2.45) is 22.4 Å². The number of guanidine groups is 1. The number of hydrogen-bond acceptors (Lipinski definition) is 9. The van der Waals surface area contributed by atoms with Gasteiger partial charge in [0, 0.05) is 51.3 Å². The van der Waals surface area contributed by atoms with Crippen molar-refractivity contribution in [3.05, 3.63) is 54.1 Å². The molecular formula is C42H62N12O7. The lowest BCUT2D eigenvalue weighted by Crippen LogP contribution is -2.60. The first-order valence-corrected chi connectivity index (χ1v) is 21.5. The smallest absolute Gasteiger partial charge is 0.245 e. The van der Waals surface area contributed by atoms with Crippen LogP contribution in [0.4, 0.5) is 0 Å². The molecule has 61 heavy (non-hydrogen) atoms. The molecular weight excluding hydrogens is 785 g/mol. The first-order valence-electron chi connectivity index (χ1n) is 21.5. The highest BCUT2D eigenvalue weighted by atomic mass is 16.2. The number of aliphatic imine (C=N–C) groups is 1. The van der Waals surface area contributed by atoms with Crippen LogP contribution < -0.4 is 43.4 Å². The van der Waals surface area contributed by atoms with Crippen LogP contribution in [0.15, 0.2) is 47.8 Å². The molecule has 1 aromatic carbocycles. The Kier molecular flexibility index (Phi) is 17.5. The van der Waals surface area contributed by atoms with E-state index in [0.29, 0.717) is 31.4 Å². The highest BCUT2D eigenvalue weighted by Gasteiger charge is 2.40. The second-order valence-electron chi connectivity index (χ2n) is 16.3. The molecule has 5 rings (SSSR count). The summed E-state index contributed by atoms with van der Waals surface area (Å²) in [5.74, 6) is -3.66. The average Bonchev–Trinajstić information content (AvgIpc) is 3.95. The quantitative estimate of drug-likeness (QED) is 0.0712. The van der Waals surface area contributed by atoms with Gasteiger partial charge in [0.1, 0.15) is 36.3 Å². The average molecular weight is 847 g/mol. The van der Waals surface area contributed by atoms with E-state index in [1.807, 2.05) is 30.3 Å². The van der Waals surface area contributed by atoms with Crippen LogP contribution in [0.2, 0.25) is 0 Å². The molecule has 2 aromatic rings. The van der Waals surface area contributed by atoms with Gasteiger partial charge in [-0.3, -0.25) is 38.6 Å². The Morgan fingerprint density at radius 1 is 0.869 bits per heavy atom. The Bertz CT molecular complexity index is 1830. The number of fused-ring (bicyclic) bond motifs is 1. The molecule has 19 heteroatoms. The molecule has 7 amide bonds. The molecule has 1 unspecified atom stereocenters. The summed E-state index contributed by atoms with van der Waals surface area (Å²) in [4.78, 5) is 110. The summed E-state index contributed by atoms with van der Waals surface area (Å²) in [7, 11) is 0. The number of carbonyl (C=O) groups is 7. The molecule has 0 spiro atoms. The lowest BCUT2D eigenvalue weighted by atomic mass is 9.84. The summed E-state index contributed by atoms with van der Waals surface area (Å²) in [5.41, 5.74) is 12.4. The standard InChI is InChI=1S/C42H62N12O7/c1-26(55)49-32(21-27-11-4-2-5-12-27)37(57)51-31-16-9-18-46-36(56)30(15-8-19-47-42(43)44)50-39(59)34(23-29-24-45-25-48-29)52-38(58)33(22-28-13-6-3-7-14-28)53-40(60)35-17-10-20-54(35)41(31)61/h2,4-5,11-12,24-25,28,30-35H,3,6-10,13-23H2,1H3,(H,45,48)(H,46,56)(H,49,55)(H,50,59)(H,51,57)(H,52,58)(H,53,60)(H4,43,44,47)/t30-,31?,32-,33+,34-,35-/m0/s1. The van der Waals surface area contributed by atoms with Gasteiger partial charge < -0.3 is 53.3 Å². The predicted molar refractivity (Wildman–Crippen MR) is 226 cm³/mol. The van der Waals surface area contributed by atoms with Crippen LogP contribution in [0.3, 0.4) is 0 Å². The third kappa shape index (κ3) is 14.3. The number of rotatable bonds is 13. The lowest BCUT2D eigenvalue weighted by molar-refractivity contribution is -0.142. The SMILES string of the molecule is CC(=O)N[C@@H](Cc1ccccc1)C(=O)NC1CCCNC(=O)[C@H](CCCN=C(N)N)NC(=O)[C@H](Cc2cnc[nH]2)NC(=O)[C@@H](CC2CCCCC2)NC(=O)[C@@H]2CCCN2C1=O. The summed E-state index contributed by atoms with van der Waals surface area (Å²) in [6.07, 6.45) is 10.0. The number of carbonyl (C=O) groups excluding carboxylic acids is 7. The Morgan fingerprint density at radius 2 is 1.59 bits per heavy atom. The lowest BCUT2D eigenvalue weighted by Gasteiger charge is -2.32. The van der Waals surface area contributed by atoms with Gasteiger partial charge in [0.2, 0.25) is 41.4 Å². The van der Waals surface area contributed by atoms with Gasteiger partial charge in [0.05, 0.1) is 6.33 Å². The Labute approximate surface area is 356 Å². The minimum absolute atomic E-state index is 0.0240. The van der Waals surface area contributed by atoms with E-state index >= 15 is 0 Å². The van der Waals surface area contributed by atoms with Crippen molar-refractivity contribution in [3.8, 4) is 0 Å². The number of aromatic nitrogens is 2. The number of aromatic amines is 1. The normalized spacial score (nSPS) is 24.1. The van der Waals surface area contributed by atoms with Gasteiger partial charge in [0.25, 0.3) is 0 Å². The van der Waals surface area contributed by atoms with E-state index in [-0.39, 0.29) is 63.6 Å². The van der Waals surface area contributed by atoms with Crippen LogP contribution in [0.5, 0.6) is 0 Å². The van der Waals surface area contributed by atoms with E-state index in [2.05, 4.69) is 46.9 Å². The van der Waals surface area contributed by atoms with Crippen molar-refractivity contribution in [2.45, 2.75) is 133 Å². The van der Waals surface area contributed by atoms with E-state index in [0.717, 1.165) is 37.7 Å². The number of amides is 7. The van der Waals surface area contributed by atoms with Crippen LogP contribution in [-0.2, 0) is 46.4 Å². The first-order chi connectivity index (χ1) is 29.4. The third-order valence-corrected chi connectivity index (χ3v) is 11.5. The second kappa shape index (κ2) is 23.1. The highest BCUT2D eigenvalue weighted by Crippen LogP contribution is 2.28. The van der Waals surface area contributed by atoms with Gasteiger partial charge in [-0.05, 0) is 56.4 Å². The van der Waals surface area contributed by atoms with Crippen LogP contribution in [0, 0.1) is 5.92 Å². The molecule has 19 nitrogen and oxygen atoms in total. The zero-order valence-electron chi connectivity index (χ0n) is 35.0. The summed E-state index contributed by atoms with van der Waals surface area (Å²) in [6, 6.07) is 2.86. The predicted octanol–water partition coefficient (Wildman–Crippen LogP) is -0.436. The van der Waals surface area contributed by atoms with E-state index in [1.54, 1.807) is 0 Å². The van der Waals surface area contributed by atoms with Crippen LogP contribution in [0.1, 0.15) is 95.2 Å². The maximum absolute atomic E-state index is 14.5. The molecule has 3 heterocycles. The van der Waals surface area contributed by atoms with Crippen LogP contribution >= 0.6 is 0 Å². The molecule has 332 valence electrons. The van der Waals surface area contributed by atoms with Crippen LogP contribution in [0.25, 0.3) is 0 Å². The molecule has 6 atom stereocenters.